The Hall–Kier alpha value is -1.91. The minimum Gasteiger partial charge on any atom is -0.507 e. The predicted molar refractivity (Wildman–Crippen MR) is 44.7 cm³/mol. The van der Waals surface area contributed by atoms with Gasteiger partial charge in [-0.15, -0.1) is 0 Å². The van der Waals surface area contributed by atoms with E-state index in [0.29, 0.717) is 18.2 Å². The first-order valence-electron chi connectivity index (χ1n) is 3.59. The standard InChI is InChI=1S/C9H6F2O3/c10-5-3-7(11)6(8(12)4-5)1-2-9(13)14/h1-4,12H,(H,13,14)/b2-1+. The number of halogens is 2. The Bertz CT molecular complexity index is 376. The topological polar surface area (TPSA) is 57.5 Å². The van der Waals surface area contributed by atoms with E-state index in [1.807, 2.05) is 0 Å². The summed E-state index contributed by atoms with van der Waals surface area (Å²) >= 11 is 0. The number of aliphatic carboxylic acids is 1. The summed E-state index contributed by atoms with van der Waals surface area (Å²) in [6.07, 6.45) is 1.50. The van der Waals surface area contributed by atoms with Gasteiger partial charge in [0.2, 0.25) is 0 Å². The zero-order chi connectivity index (χ0) is 10.7. The fourth-order valence-electron chi connectivity index (χ4n) is 0.891. The maximum Gasteiger partial charge on any atom is 0.328 e. The minimum atomic E-state index is -1.28. The summed E-state index contributed by atoms with van der Waals surface area (Å²) in [5.74, 6) is -3.86. The van der Waals surface area contributed by atoms with Crippen molar-refractivity contribution in [2.75, 3.05) is 0 Å². The van der Waals surface area contributed by atoms with E-state index in [1.165, 1.54) is 0 Å². The number of aromatic hydroxyl groups is 1. The lowest BCUT2D eigenvalue weighted by molar-refractivity contribution is -0.131. The molecule has 0 amide bonds. The van der Waals surface area contributed by atoms with E-state index in [1.54, 1.807) is 0 Å². The Kier molecular flexibility index (Phi) is 2.81. The summed E-state index contributed by atoms with van der Waals surface area (Å²) in [7, 11) is 0. The van der Waals surface area contributed by atoms with Crippen molar-refractivity contribution in [1.82, 2.24) is 0 Å². The SMILES string of the molecule is O=C(O)/C=C/c1c(O)cc(F)cc1F. The quantitative estimate of drug-likeness (QED) is 0.715. The highest BCUT2D eigenvalue weighted by Crippen LogP contribution is 2.23. The summed E-state index contributed by atoms with van der Waals surface area (Å²) in [6, 6.07) is 1.26. The van der Waals surface area contributed by atoms with Crippen molar-refractivity contribution in [3.63, 3.8) is 0 Å². The Labute approximate surface area is 77.9 Å². The monoisotopic (exact) mass is 200 g/mol. The molecule has 5 heteroatoms. The molecular weight excluding hydrogens is 194 g/mol. The maximum absolute atomic E-state index is 12.9. The molecule has 0 atom stereocenters. The summed E-state index contributed by atoms with van der Waals surface area (Å²) in [5.41, 5.74) is -0.353. The number of carboxylic acid groups (broad SMARTS) is 1. The predicted octanol–water partition coefficient (Wildman–Crippen LogP) is 1.77. The van der Waals surface area contributed by atoms with Gasteiger partial charge in [-0.1, -0.05) is 0 Å². The molecule has 1 aromatic carbocycles. The van der Waals surface area contributed by atoms with Gasteiger partial charge in [-0.3, -0.25) is 0 Å². The number of carbonyl (C=O) groups is 1. The molecule has 0 aliphatic rings. The van der Waals surface area contributed by atoms with E-state index in [2.05, 4.69) is 0 Å². The average Bonchev–Trinajstić information content (AvgIpc) is 2.01. The molecule has 0 heterocycles. The van der Waals surface area contributed by atoms with Crippen LogP contribution in [0.4, 0.5) is 8.78 Å². The zero-order valence-electron chi connectivity index (χ0n) is 6.87. The van der Waals surface area contributed by atoms with E-state index in [9.17, 15) is 13.6 Å². The van der Waals surface area contributed by atoms with Crippen LogP contribution in [0, 0.1) is 11.6 Å². The van der Waals surface area contributed by atoms with Gasteiger partial charge in [0.1, 0.15) is 17.4 Å². The Balaban J connectivity index is 3.15. The van der Waals surface area contributed by atoms with Crippen molar-refractivity contribution in [2.45, 2.75) is 0 Å². The fraction of sp³-hybridized carbons (Fsp3) is 0. The van der Waals surface area contributed by atoms with Gasteiger partial charge in [0.05, 0.1) is 5.56 Å². The van der Waals surface area contributed by atoms with Crippen LogP contribution in [-0.4, -0.2) is 16.2 Å². The molecule has 14 heavy (non-hydrogen) atoms. The Morgan fingerprint density at radius 1 is 1.36 bits per heavy atom. The van der Waals surface area contributed by atoms with Gasteiger partial charge in [-0.25, -0.2) is 13.6 Å². The number of rotatable bonds is 2. The van der Waals surface area contributed by atoms with Crippen LogP contribution in [0.5, 0.6) is 5.75 Å². The third-order valence-corrected chi connectivity index (χ3v) is 1.47. The third kappa shape index (κ3) is 2.29. The molecule has 0 spiro atoms. The molecule has 3 nitrogen and oxygen atoms in total. The maximum atomic E-state index is 12.9. The first kappa shape index (κ1) is 10.2. The molecule has 0 aromatic heterocycles. The molecule has 2 N–H and O–H groups in total. The van der Waals surface area contributed by atoms with Crippen LogP contribution in [0.15, 0.2) is 18.2 Å². The fourth-order valence-corrected chi connectivity index (χ4v) is 0.891. The lowest BCUT2D eigenvalue weighted by atomic mass is 10.1. The highest BCUT2D eigenvalue weighted by molar-refractivity contribution is 5.85. The number of hydrogen-bond donors (Lipinski definition) is 2. The van der Waals surface area contributed by atoms with Crippen molar-refractivity contribution in [1.29, 1.82) is 0 Å². The van der Waals surface area contributed by atoms with E-state index in [0.717, 1.165) is 6.08 Å². The smallest absolute Gasteiger partial charge is 0.328 e. The second-order valence-electron chi connectivity index (χ2n) is 2.49. The molecule has 0 aliphatic heterocycles. The number of benzene rings is 1. The normalized spacial score (nSPS) is 10.7. The largest absolute Gasteiger partial charge is 0.507 e. The number of hydrogen-bond acceptors (Lipinski definition) is 2. The van der Waals surface area contributed by atoms with Gasteiger partial charge < -0.3 is 10.2 Å². The highest BCUT2D eigenvalue weighted by Gasteiger charge is 2.07. The summed E-state index contributed by atoms with van der Waals surface area (Å²) in [4.78, 5) is 10.1. The Morgan fingerprint density at radius 2 is 2.00 bits per heavy atom. The van der Waals surface area contributed by atoms with E-state index in [-0.39, 0.29) is 5.56 Å². The molecule has 1 aromatic rings. The second-order valence-corrected chi connectivity index (χ2v) is 2.49. The van der Waals surface area contributed by atoms with Gasteiger partial charge >= 0.3 is 5.97 Å². The van der Waals surface area contributed by atoms with Crippen LogP contribution >= 0.6 is 0 Å². The summed E-state index contributed by atoms with van der Waals surface area (Å²) < 4.78 is 25.4. The van der Waals surface area contributed by atoms with Gasteiger partial charge in [-0.05, 0) is 6.08 Å². The molecule has 74 valence electrons. The molecule has 1 rings (SSSR count). The number of phenols is 1. The second kappa shape index (κ2) is 3.87. The van der Waals surface area contributed by atoms with E-state index >= 15 is 0 Å². The summed E-state index contributed by atoms with van der Waals surface area (Å²) in [5, 5.41) is 17.3. The average molecular weight is 200 g/mol. The van der Waals surface area contributed by atoms with E-state index < -0.39 is 23.4 Å². The van der Waals surface area contributed by atoms with Crippen LogP contribution in [0.1, 0.15) is 5.56 Å². The van der Waals surface area contributed by atoms with Crippen LogP contribution in [0.3, 0.4) is 0 Å². The lowest BCUT2D eigenvalue weighted by Crippen LogP contribution is -1.89. The minimum absolute atomic E-state index is 0.353. The van der Waals surface area contributed by atoms with Crippen molar-refractivity contribution in [3.8, 4) is 5.75 Å². The van der Waals surface area contributed by atoms with Gasteiger partial charge in [0, 0.05) is 18.2 Å². The molecule has 0 unspecified atom stereocenters. The summed E-state index contributed by atoms with van der Waals surface area (Å²) in [6.45, 7) is 0. The van der Waals surface area contributed by atoms with Gasteiger partial charge in [0.15, 0.2) is 0 Å². The van der Waals surface area contributed by atoms with Crippen molar-refractivity contribution < 1.29 is 23.8 Å². The first-order valence-corrected chi connectivity index (χ1v) is 3.59. The van der Waals surface area contributed by atoms with Gasteiger partial charge in [-0.2, -0.15) is 0 Å². The molecule has 0 saturated carbocycles. The molecule has 0 fully saturated rings. The van der Waals surface area contributed by atoms with E-state index in [4.69, 9.17) is 10.2 Å². The molecule has 0 aliphatic carbocycles. The molecule has 0 radical (unpaired) electrons. The molecule has 0 bridgehead atoms. The first-order chi connectivity index (χ1) is 6.50. The number of phenolic OH excluding ortho intramolecular Hbond substituents is 1. The zero-order valence-corrected chi connectivity index (χ0v) is 6.87. The Morgan fingerprint density at radius 3 is 2.50 bits per heavy atom. The van der Waals surface area contributed by atoms with Gasteiger partial charge in [0.25, 0.3) is 0 Å². The highest BCUT2D eigenvalue weighted by atomic mass is 19.1. The lowest BCUT2D eigenvalue weighted by Gasteiger charge is -2.00. The third-order valence-electron chi connectivity index (χ3n) is 1.47. The number of carboxylic acids is 1. The van der Waals surface area contributed by atoms with Crippen molar-refractivity contribution in [3.05, 3.63) is 35.4 Å². The molecular formula is C9H6F2O3. The molecule has 0 saturated heterocycles. The van der Waals surface area contributed by atoms with Crippen molar-refractivity contribution in [2.24, 2.45) is 0 Å². The van der Waals surface area contributed by atoms with Crippen LogP contribution in [-0.2, 0) is 4.79 Å². The van der Waals surface area contributed by atoms with Crippen LogP contribution < -0.4 is 0 Å². The van der Waals surface area contributed by atoms with Crippen LogP contribution in [0.2, 0.25) is 0 Å². The van der Waals surface area contributed by atoms with Crippen molar-refractivity contribution >= 4 is 12.0 Å². The van der Waals surface area contributed by atoms with Crippen LogP contribution in [0.25, 0.3) is 6.08 Å².